The van der Waals surface area contributed by atoms with Gasteiger partial charge in [0.05, 0.1) is 0 Å². The number of rotatable bonds is 6. The van der Waals surface area contributed by atoms with E-state index in [9.17, 15) is 9.18 Å². The molecule has 2 aromatic rings. The monoisotopic (exact) mass is 382 g/mol. The summed E-state index contributed by atoms with van der Waals surface area (Å²) in [5, 5.41) is 0. The fourth-order valence-corrected chi connectivity index (χ4v) is 3.27. The van der Waals surface area contributed by atoms with Gasteiger partial charge in [0.15, 0.2) is 0 Å². The highest BCUT2D eigenvalue weighted by molar-refractivity contribution is 5.91. The Labute approximate surface area is 166 Å². The first-order valence-corrected chi connectivity index (χ1v) is 9.62. The van der Waals surface area contributed by atoms with Crippen LogP contribution in [-0.2, 0) is 11.4 Å². The smallest absolute Gasteiger partial charge is 0.246 e. The molecule has 0 aromatic heterocycles. The van der Waals surface area contributed by atoms with Crippen molar-refractivity contribution in [2.75, 3.05) is 27.2 Å². The molecular weight excluding hydrogens is 355 g/mol. The lowest BCUT2D eigenvalue weighted by Gasteiger charge is -2.34. The SMILES string of the molecule is CN1CCC(N(C)C(=O)C=Cc2ccc(OCc3ccc(F)cc3)cc2)CC1. The molecule has 3 rings (SSSR count). The molecule has 4 nitrogen and oxygen atoms in total. The summed E-state index contributed by atoms with van der Waals surface area (Å²) in [6, 6.07) is 14.1. The summed E-state index contributed by atoms with van der Waals surface area (Å²) >= 11 is 0. The highest BCUT2D eigenvalue weighted by Crippen LogP contribution is 2.17. The number of benzene rings is 2. The molecule has 1 saturated heterocycles. The number of likely N-dealkylation sites (tertiary alicyclic amines) is 1. The number of ether oxygens (including phenoxy) is 1. The number of carbonyl (C=O) groups is 1. The van der Waals surface area contributed by atoms with Gasteiger partial charge in [-0.05, 0) is 74.4 Å². The Morgan fingerprint density at radius 3 is 2.43 bits per heavy atom. The number of piperidine rings is 1. The van der Waals surface area contributed by atoms with E-state index < -0.39 is 0 Å². The first-order chi connectivity index (χ1) is 13.5. The van der Waals surface area contributed by atoms with Crippen molar-refractivity contribution >= 4 is 12.0 Å². The number of carbonyl (C=O) groups excluding carboxylic acids is 1. The molecule has 0 spiro atoms. The summed E-state index contributed by atoms with van der Waals surface area (Å²) < 4.78 is 18.6. The molecule has 0 saturated carbocycles. The number of halogens is 1. The average Bonchev–Trinajstić information content (AvgIpc) is 2.72. The van der Waals surface area contributed by atoms with E-state index in [4.69, 9.17) is 4.74 Å². The summed E-state index contributed by atoms with van der Waals surface area (Å²) in [6.07, 6.45) is 5.50. The van der Waals surface area contributed by atoms with Gasteiger partial charge in [-0.2, -0.15) is 0 Å². The predicted molar refractivity (Wildman–Crippen MR) is 109 cm³/mol. The molecule has 0 radical (unpaired) electrons. The van der Waals surface area contributed by atoms with Crippen molar-refractivity contribution in [3.63, 3.8) is 0 Å². The molecule has 1 fully saturated rings. The lowest BCUT2D eigenvalue weighted by atomic mass is 10.0. The molecule has 1 aliphatic rings. The molecule has 1 aliphatic heterocycles. The average molecular weight is 382 g/mol. The highest BCUT2D eigenvalue weighted by Gasteiger charge is 2.22. The standard InChI is InChI=1S/C23H27FN2O2/c1-25-15-13-21(14-16-25)26(2)23(27)12-7-18-5-10-22(11-6-18)28-17-19-3-8-20(24)9-4-19/h3-12,21H,13-17H2,1-2H3. The second-order valence-electron chi connectivity index (χ2n) is 7.30. The van der Waals surface area contributed by atoms with Crippen LogP contribution in [0.3, 0.4) is 0 Å². The van der Waals surface area contributed by atoms with E-state index in [-0.39, 0.29) is 11.7 Å². The minimum atomic E-state index is -0.254. The summed E-state index contributed by atoms with van der Waals surface area (Å²) in [5.74, 6) is 0.512. The van der Waals surface area contributed by atoms with Gasteiger partial charge in [-0.15, -0.1) is 0 Å². The number of amides is 1. The molecule has 28 heavy (non-hydrogen) atoms. The maximum Gasteiger partial charge on any atom is 0.246 e. The molecule has 1 amide bonds. The summed E-state index contributed by atoms with van der Waals surface area (Å²) in [7, 11) is 4.00. The van der Waals surface area contributed by atoms with Crippen LogP contribution >= 0.6 is 0 Å². The van der Waals surface area contributed by atoms with Crippen molar-refractivity contribution in [1.82, 2.24) is 9.80 Å². The maximum absolute atomic E-state index is 12.9. The van der Waals surface area contributed by atoms with Gasteiger partial charge in [0.2, 0.25) is 5.91 Å². The van der Waals surface area contributed by atoms with Crippen LogP contribution in [-0.4, -0.2) is 48.9 Å². The third-order valence-corrected chi connectivity index (χ3v) is 5.20. The van der Waals surface area contributed by atoms with Gasteiger partial charge < -0.3 is 14.5 Å². The first kappa shape index (κ1) is 20.1. The van der Waals surface area contributed by atoms with Crippen LogP contribution in [0.2, 0.25) is 0 Å². The summed E-state index contributed by atoms with van der Waals surface area (Å²) in [6.45, 7) is 2.45. The number of nitrogens with zero attached hydrogens (tertiary/aromatic N) is 2. The van der Waals surface area contributed by atoms with Gasteiger partial charge in [-0.3, -0.25) is 4.79 Å². The number of hydrogen-bond donors (Lipinski definition) is 0. The van der Waals surface area contributed by atoms with Gasteiger partial charge in [0.1, 0.15) is 18.2 Å². The normalized spacial score (nSPS) is 15.7. The van der Waals surface area contributed by atoms with Crippen molar-refractivity contribution < 1.29 is 13.9 Å². The summed E-state index contributed by atoms with van der Waals surface area (Å²) in [5.41, 5.74) is 1.85. The van der Waals surface area contributed by atoms with Gasteiger partial charge in [0, 0.05) is 19.2 Å². The van der Waals surface area contributed by atoms with Crippen LogP contribution in [0, 0.1) is 5.82 Å². The summed E-state index contributed by atoms with van der Waals surface area (Å²) in [4.78, 5) is 16.6. The van der Waals surface area contributed by atoms with Crippen LogP contribution < -0.4 is 4.74 Å². The zero-order chi connectivity index (χ0) is 19.9. The minimum Gasteiger partial charge on any atom is -0.489 e. The molecule has 148 valence electrons. The zero-order valence-electron chi connectivity index (χ0n) is 16.5. The minimum absolute atomic E-state index is 0.0335. The molecule has 0 unspecified atom stereocenters. The van der Waals surface area contributed by atoms with Crippen molar-refractivity contribution in [2.45, 2.75) is 25.5 Å². The Bertz CT molecular complexity index is 794. The van der Waals surface area contributed by atoms with Crippen molar-refractivity contribution in [3.05, 3.63) is 71.6 Å². The topological polar surface area (TPSA) is 32.8 Å². The number of likely N-dealkylation sites (N-methyl/N-ethyl adjacent to an activating group) is 1. The van der Waals surface area contributed by atoms with E-state index in [1.165, 1.54) is 12.1 Å². The number of hydrogen-bond acceptors (Lipinski definition) is 3. The molecule has 0 N–H and O–H groups in total. The quantitative estimate of drug-likeness (QED) is 0.709. The van der Waals surface area contributed by atoms with Crippen LogP contribution in [0.5, 0.6) is 5.75 Å². The van der Waals surface area contributed by atoms with Crippen molar-refractivity contribution in [2.24, 2.45) is 0 Å². The Morgan fingerprint density at radius 1 is 1.14 bits per heavy atom. The second kappa shape index (κ2) is 9.51. The van der Waals surface area contributed by atoms with Crippen LogP contribution in [0.25, 0.3) is 6.08 Å². The molecular formula is C23H27FN2O2. The Kier molecular flexibility index (Phi) is 6.82. The van der Waals surface area contributed by atoms with Crippen molar-refractivity contribution in [1.29, 1.82) is 0 Å². The highest BCUT2D eigenvalue weighted by atomic mass is 19.1. The second-order valence-corrected chi connectivity index (χ2v) is 7.30. The molecule has 5 heteroatoms. The van der Waals surface area contributed by atoms with E-state index in [1.54, 1.807) is 18.2 Å². The van der Waals surface area contributed by atoms with Crippen LogP contribution in [0.15, 0.2) is 54.6 Å². The zero-order valence-corrected chi connectivity index (χ0v) is 16.5. The third-order valence-electron chi connectivity index (χ3n) is 5.20. The van der Waals surface area contributed by atoms with E-state index in [0.717, 1.165) is 42.8 Å². The lowest BCUT2D eigenvalue weighted by Crippen LogP contribution is -2.43. The fraction of sp³-hybridized carbons (Fsp3) is 0.348. The maximum atomic E-state index is 12.9. The first-order valence-electron chi connectivity index (χ1n) is 9.62. The largest absolute Gasteiger partial charge is 0.489 e. The molecule has 2 aromatic carbocycles. The van der Waals surface area contributed by atoms with Gasteiger partial charge >= 0.3 is 0 Å². The lowest BCUT2D eigenvalue weighted by molar-refractivity contribution is -0.127. The van der Waals surface area contributed by atoms with Gasteiger partial charge in [-0.1, -0.05) is 24.3 Å². The third kappa shape index (κ3) is 5.67. The molecule has 1 heterocycles. The Hall–Kier alpha value is -2.66. The molecule has 0 bridgehead atoms. The van der Waals surface area contributed by atoms with Crippen LogP contribution in [0.4, 0.5) is 4.39 Å². The molecule has 0 atom stereocenters. The van der Waals surface area contributed by atoms with E-state index in [2.05, 4.69) is 11.9 Å². The van der Waals surface area contributed by atoms with E-state index >= 15 is 0 Å². The Balaban J connectivity index is 1.50. The van der Waals surface area contributed by atoms with Gasteiger partial charge in [0.25, 0.3) is 0 Å². The van der Waals surface area contributed by atoms with Gasteiger partial charge in [-0.25, -0.2) is 4.39 Å². The molecule has 0 aliphatic carbocycles. The fourth-order valence-electron chi connectivity index (χ4n) is 3.27. The van der Waals surface area contributed by atoms with E-state index in [1.807, 2.05) is 42.3 Å². The van der Waals surface area contributed by atoms with Crippen molar-refractivity contribution in [3.8, 4) is 5.75 Å². The predicted octanol–water partition coefficient (Wildman–Crippen LogP) is 3.97. The van der Waals surface area contributed by atoms with Crippen LogP contribution in [0.1, 0.15) is 24.0 Å². The van der Waals surface area contributed by atoms with E-state index in [0.29, 0.717) is 12.6 Å². The Morgan fingerprint density at radius 2 is 1.79 bits per heavy atom.